The first-order valence-corrected chi connectivity index (χ1v) is 9.83. The van der Waals surface area contributed by atoms with Gasteiger partial charge in [-0.1, -0.05) is 76.8 Å². The van der Waals surface area contributed by atoms with Crippen LogP contribution in [0.5, 0.6) is 0 Å². The highest BCUT2D eigenvalue weighted by molar-refractivity contribution is 6.30. The van der Waals surface area contributed by atoms with E-state index in [9.17, 15) is 0 Å². The van der Waals surface area contributed by atoms with Crippen molar-refractivity contribution < 1.29 is 0 Å². The Labute approximate surface area is 147 Å². The summed E-state index contributed by atoms with van der Waals surface area (Å²) in [5, 5.41) is 3.94. The highest BCUT2D eigenvalue weighted by Crippen LogP contribution is 2.21. The molecule has 0 fully saturated rings. The van der Waals surface area contributed by atoms with Gasteiger partial charge in [-0.3, -0.25) is 0 Å². The standard InChI is InChI=1S/C19H34ClN3/c1-4-6-8-10-11-13-15-21-19-22-16(3)17(18(20)23-19)14-12-9-7-5-2/h4-15H2,1-3H3,(H,21,22,23). The molecule has 0 atom stereocenters. The number of halogens is 1. The van der Waals surface area contributed by atoms with Crippen LogP contribution in [0.15, 0.2) is 0 Å². The van der Waals surface area contributed by atoms with E-state index in [1.54, 1.807) is 0 Å². The smallest absolute Gasteiger partial charge is 0.224 e. The molecule has 3 nitrogen and oxygen atoms in total. The summed E-state index contributed by atoms with van der Waals surface area (Å²) in [6.45, 7) is 7.44. The Hall–Kier alpha value is -0.830. The van der Waals surface area contributed by atoms with E-state index in [-0.39, 0.29) is 0 Å². The first-order valence-electron chi connectivity index (χ1n) is 9.45. The Morgan fingerprint density at radius 1 is 0.826 bits per heavy atom. The lowest BCUT2D eigenvalue weighted by atomic mass is 10.1. The third-order valence-corrected chi connectivity index (χ3v) is 4.57. The summed E-state index contributed by atoms with van der Waals surface area (Å²) in [7, 11) is 0. The molecule has 0 radical (unpaired) electrons. The van der Waals surface area contributed by atoms with Crippen LogP contribution in [0.2, 0.25) is 5.15 Å². The molecule has 0 aliphatic carbocycles. The summed E-state index contributed by atoms with van der Waals surface area (Å²) in [6, 6.07) is 0. The summed E-state index contributed by atoms with van der Waals surface area (Å²) in [4.78, 5) is 9.00. The molecule has 4 heteroatoms. The van der Waals surface area contributed by atoms with E-state index in [1.165, 1.54) is 64.2 Å². The number of nitrogens with one attached hydrogen (secondary N) is 1. The van der Waals surface area contributed by atoms with E-state index in [2.05, 4.69) is 29.1 Å². The molecular formula is C19H34ClN3. The van der Waals surface area contributed by atoms with E-state index in [4.69, 9.17) is 11.6 Å². The number of aryl methyl sites for hydroxylation is 1. The third kappa shape index (κ3) is 8.55. The van der Waals surface area contributed by atoms with Gasteiger partial charge in [-0.15, -0.1) is 0 Å². The molecule has 0 amide bonds. The monoisotopic (exact) mass is 339 g/mol. The van der Waals surface area contributed by atoms with E-state index in [0.29, 0.717) is 11.1 Å². The molecule has 1 N–H and O–H groups in total. The van der Waals surface area contributed by atoms with Gasteiger partial charge in [0.25, 0.3) is 0 Å². The van der Waals surface area contributed by atoms with E-state index in [0.717, 1.165) is 24.2 Å². The Morgan fingerprint density at radius 2 is 1.43 bits per heavy atom. The predicted octanol–water partition coefficient (Wildman–Crippen LogP) is 6.33. The maximum absolute atomic E-state index is 6.35. The zero-order chi connectivity index (χ0) is 16.9. The molecule has 0 saturated heterocycles. The van der Waals surface area contributed by atoms with Crippen LogP contribution in [0.1, 0.15) is 89.3 Å². The van der Waals surface area contributed by atoms with Crippen molar-refractivity contribution in [2.24, 2.45) is 0 Å². The van der Waals surface area contributed by atoms with Gasteiger partial charge in [-0.25, -0.2) is 9.97 Å². The average Bonchev–Trinajstić information content (AvgIpc) is 2.52. The largest absolute Gasteiger partial charge is 0.354 e. The zero-order valence-corrected chi connectivity index (χ0v) is 16.0. The van der Waals surface area contributed by atoms with Crippen molar-refractivity contribution in [1.29, 1.82) is 0 Å². The van der Waals surface area contributed by atoms with Crippen LogP contribution in [0.3, 0.4) is 0 Å². The highest BCUT2D eigenvalue weighted by atomic mass is 35.5. The van der Waals surface area contributed by atoms with E-state index < -0.39 is 0 Å². The van der Waals surface area contributed by atoms with Crippen molar-refractivity contribution in [3.05, 3.63) is 16.4 Å². The molecule has 0 bridgehead atoms. The minimum atomic E-state index is 0.624. The summed E-state index contributed by atoms with van der Waals surface area (Å²) in [6.07, 6.45) is 13.7. The van der Waals surface area contributed by atoms with E-state index >= 15 is 0 Å². The normalized spacial score (nSPS) is 11.0. The van der Waals surface area contributed by atoms with Gasteiger partial charge in [0.2, 0.25) is 5.95 Å². The molecule has 132 valence electrons. The quantitative estimate of drug-likeness (QED) is 0.337. The van der Waals surface area contributed by atoms with Gasteiger partial charge in [0.05, 0.1) is 0 Å². The van der Waals surface area contributed by atoms with Crippen molar-refractivity contribution in [3.63, 3.8) is 0 Å². The number of aromatic nitrogens is 2. The van der Waals surface area contributed by atoms with Gasteiger partial charge in [-0.2, -0.15) is 0 Å². The van der Waals surface area contributed by atoms with Crippen molar-refractivity contribution >= 4 is 17.5 Å². The second kappa shape index (κ2) is 12.6. The number of nitrogens with zero attached hydrogens (tertiary/aromatic N) is 2. The molecule has 0 aliphatic rings. The Morgan fingerprint density at radius 3 is 2.09 bits per heavy atom. The lowest BCUT2D eigenvalue weighted by molar-refractivity contribution is 0.616. The Bertz CT molecular complexity index is 412. The van der Waals surface area contributed by atoms with Crippen molar-refractivity contribution in [3.8, 4) is 0 Å². The van der Waals surface area contributed by atoms with Crippen molar-refractivity contribution in [2.75, 3.05) is 11.9 Å². The van der Waals surface area contributed by atoms with Crippen LogP contribution >= 0.6 is 11.6 Å². The van der Waals surface area contributed by atoms with Crippen LogP contribution in [-0.4, -0.2) is 16.5 Å². The summed E-state index contributed by atoms with van der Waals surface area (Å²) < 4.78 is 0. The van der Waals surface area contributed by atoms with E-state index in [1.807, 2.05) is 6.92 Å². The average molecular weight is 340 g/mol. The molecule has 23 heavy (non-hydrogen) atoms. The first kappa shape index (κ1) is 20.2. The van der Waals surface area contributed by atoms with Crippen LogP contribution in [-0.2, 0) is 6.42 Å². The van der Waals surface area contributed by atoms with Crippen LogP contribution in [0.25, 0.3) is 0 Å². The zero-order valence-electron chi connectivity index (χ0n) is 15.3. The molecule has 0 aromatic carbocycles. The number of unbranched alkanes of at least 4 members (excludes halogenated alkanes) is 8. The molecule has 1 heterocycles. The summed E-state index contributed by atoms with van der Waals surface area (Å²) in [5.74, 6) is 0.679. The van der Waals surface area contributed by atoms with Gasteiger partial charge < -0.3 is 5.32 Å². The summed E-state index contributed by atoms with van der Waals surface area (Å²) >= 11 is 6.35. The van der Waals surface area contributed by atoms with Gasteiger partial charge >= 0.3 is 0 Å². The maximum Gasteiger partial charge on any atom is 0.224 e. The molecular weight excluding hydrogens is 306 g/mol. The number of hydrogen-bond acceptors (Lipinski definition) is 3. The number of rotatable bonds is 13. The molecule has 1 aromatic heterocycles. The topological polar surface area (TPSA) is 37.8 Å². The van der Waals surface area contributed by atoms with Crippen molar-refractivity contribution in [2.45, 2.75) is 91.4 Å². The molecule has 0 unspecified atom stereocenters. The summed E-state index contributed by atoms with van der Waals surface area (Å²) in [5.41, 5.74) is 2.14. The predicted molar refractivity (Wildman–Crippen MR) is 101 cm³/mol. The fourth-order valence-corrected chi connectivity index (χ4v) is 3.07. The SMILES string of the molecule is CCCCCCCCNc1nc(C)c(CCCCCC)c(Cl)n1. The minimum Gasteiger partial charge on any atom is -0.354 e. The second-order valence-corrected chi connectivity index (χ2v) is 6.77. The molecule has 0 spiro atoms. The Balaban J connectivity index is 2.34. The maximum atomic E-state index is 6.35. The fraction of sp³-hybridized carbons (Fsp3) is 0.789. The number of anilines is 1. The molecule has 0 aliphatic heterocycles. The van der Waals surface area contributed by atoms with Crippen LogP contribution in [0, 0.1) is 6.92 Å². The van der Waals surface area contributed by atoms with Crippen molar-refractivity contribution in [1.82, 2.24) is 9.97 Å². The van der Waals surface area contributed by atoms with Crippen LogP contribution in [0.4, 0.5) is 5.95 Å². The lowest BCUT2D eigenvalue weighted by Gasteiger charge is -2.11. The highest BCUT2D eigenvalue weighted by Gasteiger charge is 2.09. The molecule has 1 aromatic rings. The van der Waals surface area contributed by atoms with Gasteiger partial charge in [-0.05, 0) is 26.2 Å². The second-order valence-electron chi connectivity index (χ2n) is 6.41. The fourth-order valence-electron chi connectivity index (χ4n) is 2.76. The number of hydrogen-bond donors (Lipinski definition) is 1. The Kier molecular flexibility index (Phi) is 11.1. The van der Waals surface area contributed by atoms with Gasteiger partial charge in [0.1, 0.15) is 5.15 Å². The van der Waals surface area contributed by atoms with Crippen LogP contribution < -0.4 is 5.32 Å². The third-order valence-electron chi connectivity index (χ3n) is 4.26. The minimum absolute atomic E-state index is 0.624. The van der Waals surface area contributed by atoms with Gasteiger partial charge in [0.15, 0.2) is 0 Å². The molecule has 0 saturated carbocycles. The van der Waals surface area contributed by atoms with Gasteiger partial charge in [0, 0.05) is 17.8 Å². The lowest BCUT2D eigenvalue weighted by Crippen LogP contribution is -2.08. The molecule has 1 rings (SSSR count). The first-order chi connectivity index (χ1) is 11.2.